The number of hydrogen-bond acceptors (Lipinski definition) is 4. The summed E-state index contributed by atoms with van der Waals surface area (Å²) in [7, 11) is 0. The van der Waals surface area contributed by atoms with E-state index in [0.29, 0.717) is 0 Å². The minimum Gasteiger partial charge on any atom is -0.252 e. The van der Waals surface area contributed by atoms with Gasteiger partial charge >= 0.3 is 0 Å². The van der Waals surface area contributed by atoms with Gasteiger partial charge in [-0.2, -0.15) is 15.8 Å². The van der Waals surface area contributed by atoms with Crippen molar-refractivity contribution in [1.29, 1.82) is 0 Å². The van der Waals surface area contributed by atoms with E-state index in [1.54, 1.807) is 12.4 Å². The quantitative estimate of drug-likeness (QED) is 0.357. The van der Waals surface area contributed by atoms with Crippen LogP contribution in [0.3, 0.4) is 0 Å². The van der Waals surface area contributed by atoms with E-state index in [-0.39, 0.29) is 0 Å². The average Bonchev–Trinajstić information content (AvgIpc) is 1.90. The molecule has 0 spiro atoms. The second kappa shape index (κ2) is 2.44. The molecular weight excluding hydrogens is 104 g/mol. The fraction of sp³-hybridized carbons (Fsp3) is 0.250. The Morgan fingerprint density at radius 3 is 3.00 bits per heavy atom. The Kier molecular flexibility index (Phi) is 1.61. The van der Waals surface area contributed by atoms with Gasteiger partial charge in [0.05, 0.1) is 0 Å². The lowest BCUT2D eigenvalue weighted by Crippen LogP contribution is -2.35. The van der Waals surface area contributed by atoms with Gasteiger partial charge in [0.2, 0.25) is 0 Å². The lowest BCUT2D eigenvalue weighted by atomic mass is 10.4. The molecule has 4 nitrogen and oxygen atoms in total. The highest BCUT2D eigenvalue weighted by Gasteiger charge is 1.90. The zero-order chi connectivity index (χ0) is 5.82. The van der Waals surface area contributed by atoms with Crippen molar-refractivity contribution in [3.05, 3.63) is 12.3 Å². The Labute approximate surface area is 47.6 Å². The number of nitrogens with one attached hydrogen (secondary N) is 1. The van der Waals surface area contributed by atoms with Gasteiger partial charge in [-0.05, 0) is 0 Å². The molecule has 0 aliphatic carbocycles. The Morgan fingerprint density at radius 1 is 1.75 bits per heavy atom. The summed E-state index contributed by atoms with van der Waals surface area (Å²) < 4.78 is 0. The third-order valence-electron chi connectivity index (χ3n) is 0.826. The summed E-state index contributed by atoms with van der Waals surface area (Å²) in [5.41, 5.74) is 2.35. The van der Waals surface area contributed by atoms with Gasteiger partial charge < -0.3 is 0 Å². The molecular formula is C4H8N4. The molecule has 1 aliphatic rings. The van der Waals surface area contributed by atoms with Crippen molar-refractivity contribution in [3.63, 3.8) is 0 Å². The van der Waals surface area contributed by atoms with E-state index in [0.717, 1.165) is 6.42 Å². The number of hydrazine groups is 2. The number of rotatable bonds is 1. The molecule has 44 valence electrons. The molecule has 1 aliphatic heterocycles. The van der Waals surface area contributed by atoms with Gasteiger partial charge in [-0.1, -0.05) is 6.08 Å². The molecule has 0 saturated carbocycles. The summed E-state index contributed by atoms with van der Waals surface area (Å²) in [5.74, 6) is 5.01. The molecule has 0 unspecified atom stereocenters. The minimum atomic E-state index is 0.887. The zero-order valence-corrected chi connectivity index (χ0v) is 4.41. The third-order valence-corrected chi connectivity index (χ3v) is 0.826. The van der Waals surface area contributed by atoms with Gasteiger partial charge in [0, 0.05) is 18.8 Å². The van der Waals surface area contributed by atoms with Crippen LogP contribution >= 0.6 is 0 Å². The predicted molar refractivity (Wildman–Crippen MR) is 31.4 cm³/mol. The van der Waals surface area contributed by atoms with Crippen LogP contribution in [0, 0.1) is 0 Å². The predicted octanol–water partition coefficient (Wildman–Crippen LogP) is -0.430. The lowest BCUT2D eigenvalue weighted by Gasteiger charge is -2.12. The number of nitrogens with zero attached hydrogens (tertiary/aromatic N) is 2. The van der Waals surface area contributed by atoms with Crippen LogP contribution in [0.15, 0.2) is 17.4 Å². The van der Waals surface area contributed by atoms with Crippen LogP contribution in [0.1, 0.15) is 6.42 Å². The Morgan fingerprint density at radius 2 is 2.62 bits per heavy atom. The first-order valence-corrected chi connectivity index (χ1v) is 2.38. The summed E-state index contributed by atoms with van der Waals surface area (Å²) in [4.78, 5) is 0. The standard InChI is InChI=1S/C4H8N4/c5-7-8-4-2-1-3-6-8/h2-4,7H,1,5H2. The molecule has 0 aromatic heterocycles. The maximum Gasteiger partial charge on any atom is 0.0395 e. The van der Waals surface area contributed by atoms with Gasteiger partial charge in [-0.15, -0.1) is 0 Å². The van der Waals surface area contributed by atoms with E-state index in [1.165, 1.54) is 5.12 Å². The van der Waals surface area contributed by atoms with E-state index in [2.05, 4.69) is 10.6 Å². The van der Waals surface area contributed by atoms with E-state index >= 15 is 0 Å². The van der Waals surface area contributed by atoms with Crippen molar-refractivity contribution < 1.29 is 0 Å². The van der Waals surface area contributed by atoms with E-state index in [1.807, 2.05) is 6.08 Å². The summed E-state index contributed by atoms with van der Waals surface area (Å²) in [5, 5.41) is 5.27. The summed E-state index contributed by atoms with van der Waals surface area (Å²) >= 11 is 0. The summed E-state index contributed by atoms with van der Waals surface area (Å²) in [6.45, 7) is 0. The fourth-order valence-corrected chi connectivity index (χ4v) is 0.472. The maximum absolute atomic E-state index is 5.01. The van der Waals surface area contributed by atoms with Crippen molar-refractivity contribution in [1.82, 2.24) is 10.7 Å². The molecule has 0 fully saturated rings. The van der Waals surface area contributed by atoms with Crippen LogP contribution in [0.2, 0.25) is 0 Å². The number of hydrogen-bond donors (Lipinski definition) is 2. The monoisotopic (exact) mass is 112 g/mol. The van der Waals surface area contributed by atoms with Gasteiger partial charge in [-0.3, -0.25) is 5.84 Å². The van der Waals surface area contributed by atoms with Gasteiger partial charge in [-0.25, -0.2) is 0 Å². The first kappa shape index (κ1) is 5.27. The Balaban J connectivity index is 2.42. The van der Waals surface area contributed by atoms with Crippen molar-refractivity contribution >= 4 is 6.21 Å². The molecule has 0 aromatic rings. The molecule has 0 saturated heterocycles. The molecule has 0 atom stereocenters. The van der Waals surface area contributed by atoms with Crippen molar-refractivity contribution in [3.8, 4) is 0 Å². The van der Waals surface area contributed by atoms with Gasteiger partial charge in [0.1, 0.15) is 0 Å². The highest BCUT2D eigenvalue weighted by molar-refractivity contribution is 5.59. The van der Waals surface area contributed by atoms with Crippen LogP contribution in [-0.2, 0) is 0 Å². The molecule has 8 heavy (non-hydrogen) atoms. The Bertz CT molecular complexity index is 105. The molecule has 0 bridgehead atoms. The summed E-state index contributed by atoms with van der Waals surface area (Å²) in [6.07, 6.45) is 6.37. The molecule has 0 radical (unpaired) electrons. The van der Waals surface area contributed by atoms with Crippen molar-refractivity contribution in [2.45, 2.75) is 6.42 Å². The Hall–Kier alpha value is -0.870. The van der Waals surface area contributed by atoms with E-state index in [4.69, 9.17) is 5.84 Å². The van der Waals surface area contributed by atoms with Gasteiger partial charge in [0.25, 0.3) is 0 Å². The SMILES string of the molecule is NNN1C=CCC=N1. The second-order valence-corrected chi connectivity index (χ2v) is 1.39. The molecule has 1 heterocycles. The zero-order valence-electron chi connectivity index (χ0n) is 4.41. The first-order valence-electron chi connectivity index (χ1n) is 2.38. The normalized spacial score (nSPS) is 17.4. The first-order chi connectivity index (χ1) is 3.93. The molecule has 0 amide bonds. The largest absolute Gasteiger partial charge is 0.252 e. The third kappa shape index (κ3) is 1.05. The smallest absolute Gasteiger partial charge is 0.0395 e. The summed E-state index contributed by atoms with van der Waals surface area (Å²) in [6, 6.07) is 0. The molecule has 1 rings (SSSR count). The van der Waals surface area contributed by atoms with Crippen LogP contribution in [-0.4, -0.2) is 11.3 Å². The average molecular weight is 112 g/mol. The fourth-order valence-electron chi connectivity index (χ4n) is 0.472. The second-order valence-electron chi connectivity index (χ2n) is 1.39. The van der Waals surface area contributed by atoms with Crippen LogP contribution < -0.4 is 11.4 Å². The lowest BCUT2D eigenvalue weighted by molar-refractivity contribution is 0.287. The van der Waals surface area contributed by atoms with Crippen molar-refractivity contribution in [2.75, 3.05) is 0 Å². The van der Waals surface area contributed by atoms with Gasteiger partial charge in [0.15, 0.2) is 0 Å². The van der Waals surface area contributed by atoms with E-state index in [9.17, 15) is 0 Å². The highest BCUT2D eigenvalue weighted by Crippen LogP contribution is 1.91. The minimum absolute atomic E-state index is 0.887. The van der Waals surface area contributed by atoms with Crippen molar-refractivity contribution in [2.24, 2.45) is 10.9 Å². The van der Waals surface area contributed by atoms with Crippen LogP contribution in [0.4, 0.5) is 0 Å². The number of hydrazone groups is 1. The van der Waals surface area contributed by atoms with Crippen LogP contribution in [0.25, 0.3) is 0 Å². The topological polar surface area (TPSA) is 53.6 Å². The molecule has 4 heteroatoms. The highest BCUT2D eigenvalue weighted by atomic mass is 15.8. The number of allylic oxidation sites excluding steroid dienone is 1. The number of nitrogens with two attached hydrogens (primary N) is 1. The molecule has 3 N–H and O–H groups in total. The van der Waals surface area contributed by atoms with Crippen LogP contribution in [0.5, 0.6) is 0 Å². The molecule has 0 aromatic carbocycles. The van der Waals surface area contributed by atoms with E-state index < -0.39 is 0 Å². The maximum atomic E-state index is 5.01.